The van der Waals surface area contributed by atoms with E-state index < -0.39 is 18.4 Å². The van der Waals surface area contributed by atoms with E-state index in [1.807, 2.05) is 32.0 Å². The van der Waals surface area contributed by atoms with Crippen LogP contribution in [0.5, 0.6) is 0 Å². The molecule has 22 heavy (non-hydrogen) atoms. The molecule has 1 heterocycles. The standard InChI is InChI=1S/C16H21ClN2O3/c1-4-19-10(3)13(15(20)22-5-2)14(18-16(19)21)11-8-6-7-9-12(11)17/h6-9,14,16,18,21H,4-5H2,1-3H3. The molecule has 2 atom stereocenters. The van der Waals surface area contributed by atoms with Crippen LogP contribution in [-0.4, -0.2) is 35.5 Å². The van der Waals surface area contributed by atoms with Crippen molar-refractivity contribution >= 4 is 17.6 Å². The van der Waals surface area contributed by atoms with E-state index in [-0.39, 0.29) is 0 Å². The first-order valence-corrected chi connectivity index (χ1v) is 7.72. The van der Waals surface area contributed by atoms with Crippen LogP contribution in [0.25, 0.3) is 0 Å². The van der Waals surface area contributed by atoms with E-state index in [2.05, 4.69) is 5.32 Å². The van der Waals surface area contributed by atoms with Gasteiger partial charge in [0.05, 0.1) is 18.2 Å². The summed E-state index contributed by atoms with van der Waals surface area (Å²) in [6, 6.07) is 6.75. The SMILES string of the molecule is CCOC(=O)C1=C(C)N(CC)C(O)NC1c1ccccc1Cl. The molecular formula is C16H21ClN2O3. The fourth-order valence-corrected chi connectivity index (χ4v) is 2.95. The number of halogens is 1. The Balaban J connectivity index is 2.53. The highest BCUT2D eigenvalue weighted by atomic mass is 35.5. The van der Waals surface area contributed by atoms with Gasteiger partial charge in [-0.25, -0.2) is 4.79 Å². The van der Waals surface area contributed by atoms with Gasteiger partial charge < -0.3 is 14.7 Å². The Hall–Kier alpha value is -1.56. The van der Waals surface area contributed by atoms with E-state index in [0.29, 0.717) is 29.4 Å². The maximum Gasteiger partial charge on any atom is 0.337 e. The molecule has 0 aromatic heterocycles. The van der Waals surface area contributed by atoms with Crippen LogP contribution in [0.2, 0.25) is 5.02 Å². The highest BCUT2D eigenvalue weighted by Gasteiger charge is 2.36. The summed E-state index contributed by atoms with van der Waals surface area (Å²) < 4.78 is 5.18. The highest BCUT2D eigenvalue weighted by Crippen LogP contribution is 2.35. The van der Waals surface area contributed by atoms with Gasteiger partial charge >= 0.3 is 5.97 Å². The molecule has 5 nitrogen and oxygen atoms in total. The van der Waals surface area contributed by atoms with Gasteiger partial charge in [0.2, 0.25) is 0 Å². The van der Waals surface area contributed by atoms with Crippen LogP contribution in [0, 0.1) is 0 Å². The highest BCUT2D eigenvalue weighted by molar-refractivity contribution is 6.31. The van der Waals surface area contributed by atoms with Crippen LogP contribution in [0.1, 0.15) is 32.4 Å². The Morgan fingerprint density at radius 3 is 2.68 bits per heavy atom. The van der Waals surface area contributed by atoms with E-state index in [1.165, 1.54) is 0 Å². The number of carbonyl (C=O) groups is 1. The summed E-state index contributed by atoms with van der Waals surface area (Å²) in [5.41, 5.74) is 1.90. The number of hydrogen-bond acceptors (Lipinski definition) is 5. The number of nitrogens with zero attached hydrogens (tertiary/aromatic N) is 1. The van der Waals surface area contributed by atoms with Gasteiger partial charge in [-0.05, 0) is 32.4 Å². The number of rotatable bonds is 4. The molecule has 0 spiro atoms. The Labute approximate surface area is 135 Å². The van der Waals surface area contributed by atoms with E-state index in [0.717, 1.165) is 5.56 Å². The zero-order valence-corrected chi connectivity index (χ0v) is 13.7. The van der Waals surface area contributed by atoms with Crippen molar-refractivity contribution in [2.45, 2.75) is 33.2 Å². The van der Waals surface area contributed by atoms with Crippen molar-refractivity contribution in [2.75, 3.05) is 13.2 Å². The number of esters is 1. The summed E-state index contributed by atoms with van der Waals surface area (Å²) in [5, 5.41) is 13.8. The molecule has 0 saturated heterocycles. The van der Waals surface area contributed by atoms with Crippen molar-refractivity contribution in [2.24, 2.45) is 0 Å². The average molecular weight is 325 g/mol. The van der Waals surface area contributed by atoms with Gasteiger partial charge in [-0.1, -0.05) is 29.8 Å². The average Bonchev–Trinajstić information content (AvgIpc) is 2.47. The van der Waals surface area contributed by atoms with Crippen molar-refractivity contribution in [3.05, 3.63) is 46.1 Å². The van der Waals surface area contributed by atoms with Crippen LogP contribution >= 0.6 is 11.6 Å². The molecule has 0 fully saturated rings. The number of aliphatic hydroxyl groups is 1. The number of hydrogen-bond donors (Lipinski definition) is 2. The van der Waals surface area contributed by atoms with Gasteiger partial charge in [0.15, 0.2) is 6.35 Å². The molecule has 120 valence electrons. The third kappa shape index (κ3) is 3.11. The van der Waals surface area contributed by atoms with Gasteiger partial charge in [0.1, 0.15) is 0 Å². The first kappa shape index (κ1) is 16.8. The topological polar surface area (TPSA) is 61.8 Å². The lowest BCUT2D eigenvalue weighted by Crippen LogP contribution is -2.52. The van der Waals surface area contributed by atoms with Crippen LogP contribution in [-0.2, 0) is 9.53 Å². The molecule has 2 N–H and O–H groups in total. The molecule has 1 aliphatic rings. The molecular weight excluding hydrogens is 304 g/mol. The molecule has 0 bridgehead atoms. The predicted molar refractivity (Wildman–Crippen MR) is 85.0 cm³/mol. The first-order valence-electron chi connectivity index (χ1n) is 7.34. The van der Waals surface area contributed by atoms with E-state index in [1.54, 1.807) is 17.9 Å². The fourth-order valence-electron chi connectivity index (χ4n) is 2.71. The smallest absolute Gasteiger partial charge is 0.337 e. The van der Waals surface area contributed by atoms with E-state index in [9.17, 15) is 9.90 Å². The zero-order valence-electron chi connectivity index (χ0n) is 13.0. The summed E-state index contributed by atoms with van der Waals surface area (Å²) in [5.74, 6) is -0.400. The van der Waals surface area contributed by atoms with Crippen molar-refractivity contribution in [3.8, 4) is 0 Å². The van der Waals surface area contributed by atoms with Crippen LogP contribution in [0.15, 0.2) is 35.5 Å². The first-order chi connectivity index (χ1) is 10.5. The Morgan fingerprint density at radius 2 is 2.09 bits per heavy atom. The van der Waals surface area contributed by atoms with Gasteiger partial charge in [0.25, 0.3) is 0 Å². The zero-order chi connectivity index (χ0) is 16.3. The fraction of sp³-hybridized carbons (Fsp3) is 0.438. The molecule has 1 aromatic rings. The molecule has 0 radical (unpaired) electrons. The van der Waals surface area contributed by atoms with E-state index in [4.69, 9.17) is 16.3 Å². The second kappa shape index (κ2) is 7.13. The third-order valence-electron chi connectivity index (χ3n) is 3.77. The predicted octanol–water partition coefficient (Wildman–Crippen LogP) is 2.42. The maximum absolute atomic E-state index is 12.4. The van der Waals surface area contributed by atoms with Crippen LogP contribution < -0.4 is 5.32 Å². The monoisotopic (exact) mass is 324 g/mol. The normalized spacial score (nSPS) is 22.0. The molecule has 6 heteroatoms. The summed E-state index contributed by atoms with van der Waals surface area (Å²) >= 11 is 6.26. The number of allylic oxidation sites excluding steroid dienone is 1. The van der Waals surface area contributed by atoms with Crippen molar-refractivity contribution in [1.82, 2.24) is 10.2 Å². The number of benzene rings is 1. The van der Waals surface area contributed by atoms with Crippen LogP contribution in [0.4, 0.5) is 0 Å². The number of ether oxygens (including phenoxy) is 1. The molecule has 1 aliphatic heterocycles. The second-order valence-electron chi connectivity index (χ2n) is 5.00. The largest absolute Gasteiger partial charge is 0.463 e. The lowest BCUT2D eigenvalue weighted by atomic mass is 9.94. The summed E-state index contributed by atoms with van der Waals surface area (Å²) in [4.78, 5) is 14.1. The minimum Gasteiger partial charge on any atom is -0.463 e. The molecule has 1 aromatic carbocycles. The lowest BCUT2D eigenvalue weighted by molar-refractivity contribution is -0.140. The number of nitrogens with one attached hydrogen (secondary N) is 1. The number of aliphatic hydroxyl groups excluding tert-OH is 1. The van der Waals surface area contributed by atoms with E-state index >= 15 is 0 Å². The minimum absolute atomic E-state index is 0.291. The quantitative estimate of drug-likeness (QED) is 0.833. The molecule has 0 saturated carbocycles. The summed E-state index contributed by atoms with van der Waals surface area (Å²) in [6.07, 6.45) is -0.885. The number of carbonyl (C=O) groups excluding carboxylic acids is 1. The van der Waals surface area contributed by atoms with Gasteiger partial charge in [-0.15, -0.1) is 0 Å². The molecule has 0 amide bonds. The van der Waals surface area contributed by atoms with Gasteiger partial charge in [-0.3, -0.25) is 5.32 Å². The Bertz CT molecular complexity index is 589. The summed E-state index contributed by atoms with van der Waals surface area (Å²) in [7, 11) is 0. The van der Waals surface area contributed by atoms with Crippen molar-refractivity contribution in [1.29, 1.82) is 0 Å². The maximum atomic E-state index is 12.4. The summed E-state index contributed by atoms with van der Waals surface area (Å²) in [6.45, 7) is 6.34. The third-order valence-corrected chi connectivity index (χ3v) is 4.12. The molecule has 2 unspecified atom stereocenters. The van der Waals surface area contributed by atoms with Crippen LogP contribution in [0.3, 0.4) is 0 Å². The van der Waals surface area contributed by atoms with Crippen molar-refractivity contribution < 1.29 is 14.6 Å². The van der Waals surface area contributed by atoms with Gasteiger partial charge in [-0.2, -0.15) is 0 Å². The Kier molecular flexibility index (Phi) is 5.45. The minimum atomic E-state index is -0.885. The lowest BCUT2D eigenvalue weighted by Gasteiger charge is -2.40. The van der Waals surface area contributed by atoms with Crippen molar-refractivity contribution in [3.63, 3.8) is 0 Å². The Morgan fingerprint density at radius 1 is 1.41 bits per heavy atom. The molecule has 0 aliphatic carbocycles. The molecule has 2 rings (SSSR count). The van der Waals surface area contributed by atoms with Gasteiger partial charge in [0, 0.05) is 17.3 Å². The second-order valence-corrected chi connectivity index (χ2v) is 5.41.